The van der Waals surface area contributed by atoms with Crippen LogP contribution in [-0.4, -0.2) is 83.6 Å². The maximum Gasteiger partial charge on any atom is 0.206 e. The molecule has 0 saturated carbocycles. The molecular formula is C19H27N5O2S. The first-order valence-corrected chi connectivity index (χ1v) is 10.5. The van der Waals surface area contributed by atoms with Crippen molar-refractivity contribution in [2.45, 2.75) is 18.9 Å². The Morgan fingerprint density at radius 1 is 1.07 bits per heavy atom. The van der Waals surface area contributed by atoms with Crippen LogP contribution in [0.25, 0.3) is 10.6 Å². The van der Waals surface area contributed by atoms with Gasteiger partial charge in [-0.3, -0.25) is 4.90 Å². The molecule has 2 aliphatic heterocycles. The first-order valence-electron chi connectivity index (χ1n) is 9.68. The van der Waals surface area contributed by atoms with Gasteiger partial charge >= 0.3 is 0 Å². The Balaban J connectivity index is 1.28. The molecule has 8 heteroatoms. The summed E-state index contributed by atoms with van der Waals surface area (Å²) in [6, 6.07) is 7.51. The number of phenols is 1. The van der Waals surface area contributed by atoms with Gasteiger partial charge in [0, 0.05) is 44.3 Å². The van der Waals surface area contributed by atoms with Crippen LogP contribution in [0.1, 0.15) is 12.8 Å². The molecule has 2 saturated heterocycles. The number of piperidine rings is 1. The van der Waals surface area contributed by atoms with E-state index in [-0.39, 0.29) is 5.75 Å². The third-order valence-corrected chi connectivity index (χ3v) is 6.11. The van der Waals surface area contributed by atoms with Gasteiger partial charge in [0.2, 0.25) is 5.13 Å². The molecule has 2 N–H and O–H groups in total. The van der Waals surface area contributed by atoms with Crippen LogP contribution >= 0.6 is 11.3 Å². The average Bonchev–Trinajstić information content (AvgIpc) is 3.16. The summed E-state index contributed by atoms with van der Waals surface area (Å²) in [5.41, 5.74) is 0.981. The number of benzene rings is 1. The highest BCUT2D eigenvalue weighted by Gasteiger charge is 2.22. The third-order valence-electron chi connectivity index (χ3n) is 5.21. The number of nitrogens with zero attached hydrogens (tertiary/aromatic N) is 4. The summed E-state index contributed by atoms with van der Waals surface area (Å²) < 4.78 is 5.43. The average molecular weight is 390 g/mol. The smallest absolute Gasteiger partial charge is 0.206 e. The van der Waals surface area contributed by atoms with E-state index in [0.29, 0.717) is 6.04 Å². The van der Waals surface area contributed by atoms with Crippen LogP contribution in [0.3, 0.4) is 0 Å². The molecule has 7 nitrogen and oxygen atoms in total. The van der Waals surface area contributed by atoms with Crippen LogP contribution in [-0.2, 0) is 4.74 Å². The second-order valence-electron chi connectivity index (χ2n) is 7.20. The fourth-order valence-corrected chi connectivity index (χ4v) is 4.49. The minimum absolute atomic E-state index is 0.265. The first-order chi connectivity index (χ1) is 13.3. The summed E-state index contributed by atoms with van der Waals surface area (Å²) >= 11 is 1.57. The molecule has 2 fully saturated rings. The molecule has 0 bridgehead atoms. The van der Waals surface area contributed by atoms with Gasteiger partial charge in [0.05, 0.1) is 13.2 Å². The normalized spacial score (nSPS) is 22.0. The van der Waals surface area contributed by atoms with Gasteiger partial charge in [-0.05, 0) is 43.7 Å². The monoisotopic (exact) mass is 389 g/mol. The van der Waals surface area contributed by atoms with E-state index in [1.165, 1.54) is 19.4 Å². The van der Waals surface area contributed by atoms with Gasteiger partial charge in [0.25, 0.3) is 0 Å². The molecule has 0 spiro atoms. The zero-order valence-electron chi connectivity index (χ0n) is 15.5. The minimum atomic E-state index is 0.265. The molecule has 1 aromatic carbocycles. The Morgan fingerprint density at radius 2 is 1.85 bits per heavy atom. The lowest BCUT2D eigenvalue weighted by Crippen LogP contribution is -2.46. The summed E-state index contributed by atoms with van der Waals surface area (Å²) in [6.07, 6.45) is 2.38. The Hall–Kier alpha value is -1.74. The number of aromatic hydroxyl groups is 1. The molecule has 3 heterocycles. The minimum Gasteiger partial charge on any atom is -0.508 e. The predicted octanol–water partition coefficient (Wildman–Crippen LogP) is 2.12. The first kappa shape index (κ1) is 18.6. The van der Waals surface area contributed by atoms with Crippen LogP contribution in [0.2, 0.25) is 0 Å². The van der Waals surface area contributed by atoms with Crippen molar-refractivity contribution in [1.82, 2.24) is 20.0 Å². The van der Waals surface area contributed by atoms with Crippen LogP contribution in [0.5, 0.6) is 5.75 Å². The van der Waals surface area contributed by atoms with Crippen molar-refractivity contribution >= 4 is 16.5 Å². The Labute approximate surface area is 164 Å². The van der Waals surface area contributed by atoms with E-state index in [2.05, 4.69) is 25.3 Å². The van der Waals surface area contributed by atoms with Gasteiger partial charge in [-0.15, -0.1) is 10.2 Å². The zero-order chi connectivity index (χ0) is 18.5. The fraction of sp³-hybridized carbons (Fsp3) is 0.579. The standard InChI is InChI=1S/C19H27N5O2S/c25-17-5-3-15(4-6-17)18-21-22-19(27-18)20-16-2-1-7-24(14-16)9-8-23-10-12-26-13-11-23/h3-6,16,25H,1-2,7-14H2,(H,20,22). The second kappa shape index (κ2) is 8.97. The van der Waals surface area contributed by atoms with Gasteiger partial charge in [-0.25, -0.2) is 0 Å². The van der Waals surface area contributed by atoms with Crippen molar-refractivity contribution in [2.24, 2.45) is 0 Å². The number of phenolic OH excluding ortho intramolecular Hbond substituents is 1. The summed E-state index contributed by atoms with van der Waals surface area (Å²) in [6.45, 7) is 8.32. The summed E-state index contributed by atoms with van der Waals surface area (Å²) in [4.78, 5) is 5.05. The Bertz CT molecular complexity index is 717. The van der Waals surface area contributed by atoms with Crippen molar-refractivity contribution in [2.75, 3.05) is 57.8 Å². The van der Waals surface area contributed by atoms with Crippen LogP contribution in [0, 0.1) is 0 Å². The Kier molecular flexibility index (Phi) is 6.18. The van der Waals surface area contributed by atoms with Crippen molar-refractivity contribution in [3.63, 3.8) is 0 Å². The van der Waals surface area contributed by atoms with Crippen LogP contribution in [0.15, 0.2) is 24.3 Å². The molecule has 0 radical (unpaired) electrons. The molecular weight excluding hydrogens is 362 g/mol. The molecule has 4 rings (SSSR count). The van der Waals surface area contributed by atoms with E-state index >= 15 is 0 Å². The Morgan fingerprint density at radius 3 is 2.67 bits per heavy atom. The molecule has 1 atom stereocenters. The van der Waals surface area contributed by atoms with E-state index in [4.69, 9.17) is 4.74 Å². The molecule has 0 aliphatic carbocycles. The lowest BCUT2D eigenvalue weighted by Gasteiger charge is -2.35. The van der Waals surface area contributed by atoms with Gasteiger partial charge in [-0.2, -0.15) is 0 Å². The van der Waals surface area contributed by atoms with Crippen LogP contribution in [0.4, 0.5) is 5.13 Å². The number of anilines is 1. The number of ether oxygens (including phenoxy) is 1. The maximum absolute atomic E-state index is 9.42. The number of hydrogen-bond donors (Lipinski definition) is 2. The fourth-order valence-electron chi connectivity index (χ4n) is 3.66. The zero-order valence-corrected chi connectivity index (χ0v) is 16.3. The van der Waals surface area contributed by atoms with Gasteiger partial charge < -0.3 is 20.1 Å². The van der Waals surface area contributed by atoms with E-state index < -0.39 is 0 Å². The van der Waals surface area contributed by atoms with Crippen molar-refractivity contribution < 1.29 is 9.84 Å². The summed E-state index contributed by atoms with van der Waals surface area (Å²) in [5, 5.41) is 23.3. The number of morpholine rings is 1. The highest BCUT2D eigenvalue weighted by molar-refractivity contribution is 7.18. The largest absolute Gasteiger partial charge is 0.508 e. The quantitative estimate of drug-likeness (QED) is 0.784. The molecule has 1 aromatic heterocycles. The van der Waals surface area contributed by atoms with Crippen molar-refractivity contribution in [1.29, 1.82) is 0 Å². The van der Waals surface area contributed by atoms with E-state index in [1.807, 2.05) is 12.1 Å². The number of rotatable bonds is 6. The van der Waals surface area contributed by atoms with Crippen LogP contribution < -0.4 is 5.32 Å². The number of nitrogens with one attached hydrogen (secondary N) is 1. The molecule has 1 unspecified atom stereocenters. The van der Waals surface area contributed by atoms with E-state index in [0.717, 1.165) is 61.6 Å². The topological polar surface area (TPSA) is 73.8 Å². The lowest BCUT2D eigenvalue weighted by atomic mass is 10.1. The number of hydrogen-bond acceptors (Lipinski definition) is 8. The van der Waals surface area contributed by atoms with Gasteiger partial charge in [0.1, 0.15) is 10.8 Å². The molecule has 2 aromatic rings. The lowest BCUT2D eigenvalue weighted by molar-refractivity contribution is 0.0321. The molecule has 0 amide bonds. The summed E-state index contributed by atoms with van der Waals surface area (Å²) in [5.74, 6) is 0.265. The van der Waals surface area contributed by atoms with E-state index in [1.54, 1.807) is 23.5 Å². The number of aromatic nitrogens is 2. The SMILES string of the molecule is Oc1ccc(-c2nnc(NC3CCCN(CCN4CCOCC4)C3)s2)cc1. The van der Waals surface area contributed by atoms with E-state index in [9.17, 15) is 5.11 Å². The van der Waals surface area contributed by atoms with Crippen molar-refractivity contribution in [3.8, 4) is 16.3 Å². The molecule has 2 aliphatic rings. The molecule has 27 heavy (non-hydrogen) atoms. The van der Waals surface area contributed by atoms with Gasteiger partial charge in [0.15, 0.2) is 0 Å². The molecule has 146 valence electrons. The predicted molar refractivity (Wildman–Crippen MR) is 107 cm³/mol. The number of likely N-dealkylation sites (tertiary alicyclic amines) is 1. The maximum atomic E-state index is 9.42. The van der Waals surface area contributed by atoms with Gasteiger partial charge in [-0.1, -0.05) is 11.3 Å². The summed E-state index contributed by atoms with van der Waals surface area (Å²) in [7, 11) is 0. The highest BCUT2D eigenvalue weighted by atomic mass is 32.1. The second-order valence-corrected chi connectivity index (χ2v) is 8.17. The van der Waals surface area contributed by atoms with Crippen molar-refractivity contribution in [3.05, 3.63) is 24.3 Å². The highest BCUT2D eigenvalue weighted by Crippen LogP contribution is 2.28. The third kappa shape index (κ3) is 5.16.